The summed E-state index contributed by atoms with van der Waals surface area (Å²) in [6.07, 6.45) is 2.86. The Bertz CT molecular complexity index is 640. The van der Waals surface area contributed by atoms with Crippen LogP contribution >= 0.6 is 0 Å². The lowest BCUT2D eigenvalue weighted by Gasteiger charge is -2.43. The molecule has 0 radical (unpaired) electrons. The minimum atomic E-state index is -0.480. The van der Waals surface area contributed by atoms with Gasteiger partial charge in [-0.05, 0) is 37.2 Å². The summed E-state index contributed by atoms with van der Waals surface area (Å²) >= 11 is 0. The van der Waals surface area contributed by atoms with Gasteiger partial charge in [0, 0.05) is 11.1 Å². The molecule has 0 unspecified atom stereocenters. The third-order valence-electron chi connectivity index (χ3n) is 5.64. The Morgan fingerprint density at radius 1 is 1.10 bits per heavy atom. The Labute approximate surface area is 116 Å². The van der Waals surface area contributed by atoms with E-state index in [-0.39, 0.29) is 23.8 Å². The molecule has 1 aromatic carbocycles. The van der Waals surface area contributed by atoms with E-state index in [1.54, 1.807) is 0 Å². The van der Waals surface area contributed by atoms with Crippen LogP contribution in [0.4, 0.5) is 0 Å². The van der Waals surface area contributed by atoms with Gasteiger partial charge in [0.05, 0.1) is 12.0 Å². The first-order chi connectivity index (χ1) is 9.75. The van der Waals surface area contributed by atoms with E-state index in [0.29, 0.717) is 17.4 Å². The Morgan fingerprint density at radius 2 is 1.90 bits per heavy atom. The zero-order chi connectivity index (χ0) is 13.4. The summed E-state index contributed by atoms with van der Waals surface area (Å²) in [5.74, 6) is 0.783. The summed E-state index contributed by atoms with van der Waals surface area (Å²) in [5.41, 5.74) is 1.56. The number of nitrogens with zero attached hydrogens (tertiary/aromatic N) is 1. The summed E-state index contributed by atoms with van der Waals surface area (Å²) in [5, 5.41) is 0. The highest BCUT2D eigenvalue weighted by Crippen LogP contribution is 2.56. The van der Waals surface area contributed by atoms with Gasteiger partial charge in [-0.15, -0.1) is 0 Å². The van der Waals surface area contributed by atoms with Crippen LogP contribution in [0.2, 0.25) is 0 Å². The van der Waals surface area contributed by atoms with E-state index in [1.165, 1.54) is 0 Å². The van der Waals surface area contributed by atoms with Gasteiger partial charge in [0.1, 0.15) is 0 Å². The number of fused-ring (bicyclic) bond motifs is 9. The van der Waals surface area contributed by atoms with E-state index >= 15 is 0 Å². The van der Waals surface area contributed by atoms with Crippen molar-refractivity contribution in [3.63, 3.8) is 0 Å². The molecule has 5 atom stereocenters. The van der Waals surface area contributed by atoms with Crippen molar-refractivity contribution in [1.82, 2.24) is 4.90 Å². The van der Waals surface area contributed by atoms with Gasteiger partial charge in [-0.2, -0.15) is 0 Å². The summed E-state index contributed by atoms with van der Waals surface area (Å²) in [4.78, 5) is 26.9. The van der Waals surface area contributed by atoms with Gasteiger partial charge >= 0.3 is 5.97 Å². The van der Waals surface area contributed by atoms with Crippen LogP contribution in [-0.4, -0.2) is 22.8 Å². The maximum absolute atomic E-state index is 12.7. The maximum Gasteiger partial charge on any atom is 0.313 e. The first kappa shape index (κ1) is 10.9. The summed E-state index contributed by atoms with van der Waals surface area (Å²) in [7, 11) is 0. The molecule has 2 heterocycles. The molecule has 5 rings (SSSR count). The van der Waals surface area contributed by atoms with Gasteiger partial charge in [-0.25, -0.2) is 0 Å². The molecule has 0 spiro atoms. The Hall–Kier alpha value is -1.84. The molecule has 102 valence electrons. The summed E-state index contributed by atoms with van der Waals surface area (Å²) < 4.78 is 5.64. The van der Waals surface area contributed by atoms with E-state index in [4.69, 9.17) is 4.74 Å². The van der Waals surface area contributed by atoms with E-state index in [9.17, 15) is 9.59 Å². The average Bonchev–Trinajstić information content (AvgIpc) is 3.13. The molecular formula is C16H15NO3. The zero-order valence-corrected chi connectivity index (χ0v) is 11.0. The molecule has 0 aromatic heterocycles. The third kappa shape index (κ3) is 1.10. The Kier molecular flexibility index (Phi) is 1.87. The van der Waals surface area contributed by atoms with Crippen molar-refractivity contribution in [3.8, 4) is 0 Å². The standard InChI is InChI=1S/C16H15NO3/c18-14-10-3-1-2-4-11(10)15-17(14)13-9-6-5-8(7-9)12(13)16(19)20-15/h1-4,8-9,12-13,15H,5-7H2/t8-,9+,12+,13-,15-/m0/s1. The van der Waals surface area contributed by atoms with E-state index in [2.05, 4.69) is 0 Å². The normalized spacial score (nSPS) is 40.4. The molecule has 2 bridgehead atoms. The van der Waals surface area contributed by atoms with Crippen molar-refractivity contribution in [2.75, 3.05) is 0 Å². The fraction of sp³-hybridized carbons (Fsp3) is 0.500. The van der Waals surface area contributed by atoms with Crippen LogP contribution in [-0.2, 0) is 9.53 Å². The van der Waals surface area contributed by atoms with E-state index in [1.807, 2.05) is 29.2 Å². The average molecular weight is 269 g/mol. The predicted molar refractivity (Wildman–Crippen MR) is 69.6 cm³/mol. The van der Waals surface area contributed by atoms with E-state index in [0.717, 1.165) is 24.8 Å². The molecule has 3 fully saturated rings. The van der Waals surface area contributed by atoms with Gasteiger partial charge in [-0.1, -0.05) is 18.2 Å². The molecule has 4 aliphatic rings. The highest BCUT2D eigenvalue weighted by Gasteiger charge is 2.61. The topological polar surface area (TPSA) is 46.6 Å². The highest BCUT2D eigenvalue weighted by molar-refractivity contribution is 6.00. The Morgan fingerprint density at radius 3 is 2.80 bits per heavy atom. The molecule has 4 nitrogen and oxygen atoms in total. The van der Waals surface area contributed by atoms with Gasteiger partial charge in [0.15, 0.2) is 0 Å². The summed E-state index contributed by atoms with van der Waals surface area (Å²) in [6, 6.07) is 7.58. The molecule has 0 N–H and O–H groups in total. The number of carbonyl (C=O) groups excluding carboxylic acids is 2. The number of carbonyl (C=O) groups is 2. The molecule has 2 aliphatic heterocycles. The quantitative estimate of drug-likeness (QED) is 0.678. The van der Waals surface area contributed by atoms with Gasteiger partial charge < -0.3 is 4.74 Å². The van der Waals surface area contributed by atoms with Crippen LogP contribution in [0.25, 0.3) is 0 Å². The van der Waals surface area contributed by atoms with Crippen molar-refractivity contribution in [3.05, 3.63) is 35.4 Å². The Balaban J connectivity index is 1.65. The van der Waals surface area contributed by atoms with Crippen LogP contribution in [0.3, 0.4) is 0 Å². The van der Waals surface area contributed by atoms with Gasteiger partial charge in [-0.3, -0.25) is 14.5 Å². The number of ether oxygens (including phenoxy) is 1. The predicted octanol–water partition coefficient (Wildman–Crippen LogP) is 2.11. The smallest absolute Gasteiger partial charge is 0.313 e. The van der Waals surface area contributed by atoms with Crippen LogP contribution in [0.1, 0.15) is 41.4 Å². The molecule has 1 amide bonds. The van der Waals surface area contributed by atoms with Crippen LogP contribution in [0, 0.1) is 17.8 Å². The minimum Gasteiger partial charge on any atom is -0.437 e. The third-order valence-corrected chi connectivity index (χ3v) is 5.64. The second-order valence-electron chi connectivity index (χ2n) is 6.44. The number of esters is 1. The molecule has 1 aromatic rings. The minimum absolute atomic E-state index is 0.0423. The lowest BCUT2D eigenvalue weighted by atomic mass is 9.82. The molecule has 1 saturated heterocycles. The SMILES string of the molecule is O=C1O[C@H]2c3ccccc3C(=O)N2[C@H]2[C@@H]3CC[C@@H](C3)[C@@H]12. The van der Waals surface area contributed by atoms with Crippen molar-refractivity contribution >= 4 is 11.9 Å². The van der Waals surface area contributed by atoms with Gasteiger partial charge in [0.2, 0.25) is 6.23 Å². The number of hydrogen-bond donors (Lipinski definition) is 0. The number of rotatable bonds is 0. The van der Waals surface area contributed by atoms with Crippen LogP contribution in [0.5, 0.6) is 0 Å². The molecule has 4 heteroatoms. The van der Waals surface area contributed by atoms with Crippen LogP contribution in [0.15, 0.2) is 24.3 Å². The lowest BCUT2D eigenvalue weighted by molar-refractivity contribution is -0.184. The number of amides is 1. The molecule has 20 heavy (non-hydrogen) atoms. The van der Waals surface area contributed by atoms with Gasteiger partial charge in [0.25, 0.3) is 5.91 Å². The number of benzene rings is 1. The monoisotopic (exact) mass is 269 g/mol. The second kappa shape index (κ2) is 3.43. The first-order valence-electron chi connectivity index (χ1n) is 7.38. The van der Waals surface area contributed by atoms with Crippen molar-refractivity contribution in [2.24, 2.45) is 17.8 Å². The fourth-order valence-electron chi connectivity index (χ4n) is 4.90. The molecule has 2 saturated carbocycles. The fourth-order valence-corrected chi connectivity index (χ4v) is 4.90. The second-order valence-corrected chi connectivity index (χ2v) is 6.44. The molecule has 2 aliphatic carbocycles. The lowest BCUT2D eigenvalue weighted by Crippen LogP contribution is -2.54. The summed E-state index contributed by atoms with van der Waals surface area (Å²) in [6.45, 7) is 0. The first-order valence-corrected chi connectivity index (χ1v) is 7.38. The maximum atomic E-state index is 12.7. The van der Waals surface area contributed by atoms with Crippen molar-refractivity contribution in [1.29, 1.82) is 0 Å². The number of hydrogen-bond acceptors (Lipinski definition) is 3. The zero-order valence-electron chi connectivity index (χ0n) is 11.0. The van der Waals surface area contributed by atoms with E-state index < -0.39 is 6.23 Å². The largest absolute Gasteiger partial charge is 0.437 e. The highest BCUT2D eigenvalue weighted by atomic mass is 16.6. The molecular weight excluding hydrogens is 254 g/mol. The van der Waals surface area contributed by atoms with Crippen molar-refractivity contribution < 1.29 is 14.3 Å². The van der Waals surface area contributed by atoms with Crippen LogP contribution < -0.4 is 0 Å². The van der Waals surface area contributed by atoms with Crippen molar-refractivity contribution in [2.45, 2.75) is 31.5 Å².